The average Bonchev–Trinajstić information content (AvgIpc) is 2.04. The van der Waals surface area contributed by atoms with E-state index in [2.05, 4.69) is 0 Å². The molecule has 0 unspecified atom stereocenters. The van der Waals surface area contributed by atoms with Crippen LogP contribution in [-0.4, -0.2) is 11.1 Å². The molecule has 3 nitrogen and oxygen atoms in total. The van der Waals surface area contributed by atoms with Gasteiger partial charge in [0.05, 0.1) is 5.56 Å². The molecule has 0 saturated carbocycles. The van der Waals surface area contributed by atoms with Crippen LogP contribution in [0.15, 0.2) is 18.2 Å². The van der Waals surface area contributed by atoms with E-state index in [0.29, 0.717) is 11.6 Å². The van der Waals surface area contributed by atoms with Gasteiger partial charge in [-0.1, -0.05) is 19.9 Å². The van der Waals surface area contributed by atoms with Crippen LogP contribution in [0.1, 0.15) is 35.7 Å². The molecule has 0 heterocycles. The van der Waals surface area contributed by atoms with Crippen LogP contribution in [0.5, 0.6) is 0 Å². The standard InChI is InChI=1S/C10H13NO2/c1-6(2)7-3-4-9(11)8(5-7)10(12)13/h3-6H,11H2,1-2H3,(H,12,13). The van der Waals surface area contributed by atoms with E-state index >= 15 is 0 Å². The molecule has 0 radical (unpaired) electrons. The second-order valence-electron chi connectivity index (χ2n) is 3.31. The zero-order valence-electron chi connectivity index (χ0n) is 7.74. The van der Waals surface area contributed by atoms with Gasteiger partial charge in [0.2, 0.25) is 0 Å². The first-order chi connectivity index (χ1) is 6.02. The van der Waals surface area contributed by atoms with Crippen LogP contribution in [0.3, 0.4) is 0 Å². The number of carboxylic acid groups (broad SMARTS) is 1. The molecule has 0 fully saturated rings. The lowest BCUT2D eigenvalue weighted by Gasteiger charge is -2.07. The molecular weight excluding hydrogens is 166 g/mol. The molecule has 0 spiro atoms. The van der Waals surface area contributed by atoms with Crippen molar-refractivity contribution in [3.8, 4) is 0 Å². The molecule has 3 N–H and O–H groups in total. The predicted molar refractivity (Wildman–Crippen MR) is 51.9 cm³/mol. The molecule has 0 amide bonds. The van der Waals surface area contributed by atoms with Gasteiger partial charge in [-0.2, -0.15) is 0 Å². The SMILES string of the molecule is CC(C)c1ccc(N)c(C(=O)O)c1. The molecule has 1 rings (SSSR count). The number of hydrogen-bond donors (Lipinski definition) is 2. The van der Waals surface area contributed by atoms with Crippen molar-refractivity contribution in [2.24, 2.45) is 0 Å². The van der Waals surface area contributed by atoms with Gasteiger partial charge in [-0.3, -0.25) is 0 Å². The molecule has 0 atom stereocenters. The Morgan fingerprint density at radius 1 is 1.46 bits per heavy atom. The Hall–Kier alpha value is -1.51. The first-order valence-electron chi connectivity index (χ1n) is 4.15. The highest BCUT2D eigenvalue weighted by molar-refractivity contribution is 5.93. The van der Waals surface area contributed by atoms with Crippen LogP contribution in [0.25, 0.3) is 0 Å². The van der Waals surface area contributed by atoms with E-state index in [1.165, 1.54) is 0 Å². The van der Waals surface area contributed by atoms with Crippen LogP contribution < -0.4 is 5.73 Å². The zero-order chi connectivity index (χ0) is 10.0. The third-order valence-electron chi connectivity index (χ3n) is 1.97. The topological polar surface area (TPSA) is 63.3 Å². The van der Waals surface area contributed by atoms with Crippen molar-refractivity contribution >= 4 is 11.7 Å². The summed E-state index contributed by atoms with van der Waals surface area (Å²) in [6, 6.07) is 5.12. The van der Waals surface area contributed by atoms with E-state index in [4.69, 9.17) is 10.8 Å². The number of aromatic carboxylic acids is 1. The minimum atomic E-state index is -0.972. The van der Waals surface area contributed by atoms with Crippen molar-refractivity contribution < 1.29 is 9.90 Å². The number of benzene rings is 1. The highest BCUT2D eigenvalue weighted by atomic mass is 16.4. The second-order valence-corrected chi connectivity index (χ2v) is 3.31. The number of carboxylic acids is 1. The lowest BCUT2D eigenvalue weighted by molar-refractivity contribution is 0.0698. The summed E-state index contributed by atoms with van der Waals surface area (Å²) in [5, 5.41) is 8.79. The molecular formula is C10H13NO2. The quantitative estimate of drug-likeness (QED) is 0.683. The maximum atomic E-state index is 10.7. The first-order valence-corrected chi connectivity index (χ1v) is 4.15. The van der Waals surface area contributed by atoms with Gasteiger partial charge in [0.25, 0.3) is 0 Å². The predicted octanol–water partition coefficient (Wildman–Crippen LogP) is 2.09. The number of nitrogens with two attached hydrogens (primary N) is 1. The summed E-state index contributed by atoms with van der Waals surface area (Å²) in [6.07, 6.45) is 0. The summed E-state index contributed by atoms with van der Waals surface area (Å²) in [4.78, 5) is 10.7. The number of carbonyl (C=O) groups is 1. The van der Waals surface area contributed by atoms with Gasteiger partial charge in [0.1, 0.15) is 0 Å². The molecule has 13 heavy (non-hydrogen) atoms. The normalized spacial score (nSPS) is 10.4. The fourth-order valence-electron chi connectivity index (χ4n) is 1.12. The average molecular weight is 179 g/mol. The van der Waals surface area contributed by atoms with Crippen molar-refractivity contribution in [1.82, 2.24) is 0 Å². The highest BCUT2D eigenvalue weighted by Gasteiger charge is 2.09. The third kappa shape index (κ3) is 1.99. The monoisotopic (exact) mass is 179 g/mol. The lowest BCUT2D eigenvalue weighted by Crippen LogP contribution is -2.03. The summed E-state index contributed by atoms with van der Waals surface area (Å²) in [5.74, 6) is -0.654. The van der Waals surface area contributed by atoms with Gasteiger partial charge in [-0.25, -0.2) is 4.79 Å². The van der Waals surface area contributed by atoms with Crippen LogP contribution in [0, 0.1) is 0 Å². The minimum absolute atomic E-state index is 0.186. The zero-order valence-corrected chi connectivity index (χ0v) is 7.74. The van der Waals surface area contributed by atoms with E-state index in [0.717, 1.165) is 5.56 Å². The number of rotatable bonds is 2. The van der Waals surface area contributed by atoms with Crippen molar-refractivity contribution in [1.29, 1.82) is 0 Å². The van der Waals surface area contributed by atoms with Crippen molar-refractivity contribution in [3.63, 3.8) is 0 Å². The lowest BCUT2D eigenvalue weighted by atomic mass is 10.00. The van der Waals surface area contributed by atoms with Crippen molar-refractivity contribution in [3.05, 3.63) is 29.3 Å². The van der Waals surface area contributed by atoms with E-state index < -0.39 is 5.97 Å². The molecule has 0 aromatic heterocycles. The fraction of sp³-hybridized carbons (Fsp3) is 0.300. The van der Waals surface area contributed by atoms with E-state index in [9.17, 15) is 4.79 Å². The Labute approximate surface area is 77.2 Å². The molecule has 1 aromatic rings. The van der Waals surface area contributed by atoms with Gasteiger partial charge >= 0.3 is 5.97 Å². The van der Waals surface area contributed by atoms with Gasteiger partial charge in [0.15, 0.2) is 0 Å². The van der Waals surface area contributed by atoms with Crippen LogP contribution >= 0.6 is 0 Å². The molecule has 0 aliphatic carbocycles. The summed E-state index contributed by atoms with van der Waals surface area (Å²) in [6.45, 7) is 4.02. The van der Waals surface area contributed by atoms with Gasteiger partial charge in [-0.15, -0.1) is 0 Å². The Kier molecular flexibility index (Phi) is 2.56. The van der Waals surface area contributed by atoms with Gasteiger partial charge in [-0.05, 0) is 23.6 Å². The van der Waals surface area contributed by atoms with Crippen molar-refractivity contribution in [2.45, 2.75) is 19.8 Å². The number of anilines is 1. The second kappa shape index (κ2) is 3.47. The Bertz CT molecular complexity index is 332. The van der Waals surface area contributed by atoms with E-state index in [1.54, 1.807) is 12.1 Å². The fourth-order valence-corrected chi connectivity index (χ4v) is 1.12. The molecule has 0 saturated heterocycles. The summed E-state index contributed by atoms with van der Waals surface area (Å²) in [5.41, 5.74) is 7.00. The maximum Gasteiger partial charge on any atom is 0.337 e. The Morgan fingerprint density at radius 3 is 2.54 bits per heavy atom. The summed E-state index contributed by atoms with van der Waals surface area (Å²) >= 11 is 0. The maximum absolute atomic E-state index is 10.7. The Balaban J connectivity index is 3.19. The molecule has 0 aliphatic heterocycles. The Morgan fingerprint density at radius 2 is 2.08 bits per heavy atom. The van der Waals surface area contributed by atoms with Gasteiger partial charge < -0.3 is 10.8 Å². The largest absolute Gasteiger partial charge is 0.478 e. The minimum Gasteiger partial charge on any atom is -0.478 e. The van der Waals surface area contributed by atoms with Gasteiger partial charge in [0, 0.05) is 5.69 Å². The highest BCUT2D eigenvalue weighted by Crippen LogP contribution is 2.20. The molecule has 70 valence electrons. The smallest absolute Gasteiger partial charge is 0.337 e. The third-order valence-corrected chi connectivity index (χ3v) is 1.97. The summed E-state index contributed by atoms with van der Waals surface area (Å²) in [7, 11) is 0. The molecule has 0 bridgehead atoms. The first kappa shape index (κ1) is 9.58. The van der Waals surface area contributed by atoms with E-state index in [1.807, 2.05) is 19.9 Å². The van der Waals surface area contributed by atoms with E-state index in [-0.39, 0.29) is 5.56 Å². The van der Waals surface area contributed by atoms with Crippen LogP contribution in [0.2, 0.25) is 0 Å². The van der Waals surface area contributed by atoms with Crippen LogP contribution in [-0.2, 0) is 0 Å². The van der Waals surface area contributed by atoms with Crippen molar-refractivity contribution in [2.75, 3.05) is 5.73 Å². The number of hydrogen-bond acceptors (Lipinski definition) is 2. The summed E-state index contributed by atoms with van der Waals surface area (Å²) < 4.78 is 0. The number of nitrogen functional groups attached to an aromatic ring is 1. The van der Waals surface area contributed by atoms with Crippen LogP contribution in [0.4, 0.5) is 5.69 Å². The molecule has 0 aliphatic rings. The molecule has 1 aromatic carbocycles. The molecule has 3 heteroatoms.